The monoisotopic (exact) mass is 268 g/mol. The zero-order valence-corrected chi connectivity index (χ0v) is 13.3. The smallest absolute Gasteiger partial charge is 0.308 e. The normalized spacial score (nSPS) is 25.3. The van der Waals surface area contributed by atoms with Gasteiger partial charge < -0.3 is 4.74 Å². The summed E-state index contributed by atoms with van der Waals surface area (Å²) in [5, 5.41) is 0. The molecule has 1 atom stereocenters. The van der Waals surface area contributed by atoms with E-state index < -0.39 is 0 Å². The lowest BCUT2D eigenvalue weighted by molar-refractivity contribution is -0.149. The topological polar surface area (TPSA) is 26.3 Å². The van der Waals surface area contributed by atoms with Gasteiger partial charge in [-0.05, 0) is 56.8 Å². The van der Waals surface area contributed by atoms with E-state index in [9.17, 15) is 4.79 Å². The van der Waals surface area contributed by atoms with Crippen LogP contribution in [0.5, 0.6) is 0 Å². The summed E-state index contributed by atoms with van der Waals surface area (Å²) in [6.07, 6.45) is 8.53. The van der Waals surface area contributed by atoms with Gasteiger partial charge >= 0.3 is 5.97 Å². The number of ether oxygens (including phenoxy) is 1. The van der Waals surface area contributed by atoms with Gasteiger partial charge in [-0.1, -0.05) is 33.6 Å². The number of rotatable bonds is 7. The van der Waals surface area contributed by atoms with E-state index in [1.54, 1.807) is 0 Å². The second-order valence-electron chi connectivity index (χ2n) is 6.50. The van der Waals surface area contributed by atoms with Crippen LogP contribution in [-0.2, 0) is 9.53 Å². The standard InChI is InChI=1S/C17H32O2/c1-5-14(8-7-13(3)4)15-9-11-16(12-10-15)17(18)19-6-2/h13-16H,5-12H2,1-4H3. The summed E-state index contributed by atoms with van der Waals surface area (Å²) >= 11 is 0. The zero-order valence-electron chi connectivity index (χ0n) is 13.3. The van der Waals surface area contributed by atoms with Gasteiger partial charge in [0, 0.05) is 0 Å². The molecule has 19 heavy (non-hydrogen) atoms. The summed E-state index contributed by atoms with van der Waals surface area (Å²) < 4.78 is 5.14. The van der Waals surface area contributed by atoms with Crippen LogP contribution in [0.25, 0.3) is 0 Å². The molecular weight excluding hydrogens is 236 g/mol. The fourth-order valence-corrected chi connectivity index (χ4v) is 3.41. The Morgan fingerprint density at radius 2 is 1.74 bits per heavy atom. The SMILES string of the molecule is CCOC(=O)C1CCC(C(CC)CCC(C)C)CC1. The van der Waals surface area contributed by atoms with Gasteiger partial charge in [0.15, 0.2) is 0 Å². The fourth-order valence-electron chi connectivity index (χ4n) is 3.41. The summed E-state index contributed by atoms with van der Waals surface area (Å²) in [6, 6.07) is 0. The average molecular weight is 268 g/mol. The highest BCUT2D eigenvalue weighted by molar-refractivity contribution is 5.72. The predicted octanol–water partition coefficient (Wildman–Crippen LogP) is 4.82. The van der Waals surface area contributed by atoms with Gasteiger partial charge in [0.2, 0.25) is 0 Å². The number of hydrogen-bond acceptors (Lipinski definition) is 2. The summed E-state index contributed by atoms with van der Waals surface area (Å²) in [7, 11) is 0. The Labute approximate surface area is 119 Å². The third-order valence-corrected chi connectivity index (χ3v) is 4.70. The molecule has 0 aromatic heterocycles. The minimum absolute atomic E-state index is 0.0381. The highest BCUT2D eigenvalue weighted by atomic mass is 16.5. The molecule has 1 saturated carbocycles. The second kappa shape index (κ2) is 8.60. The van der Waals surface area contributed by atoms with Crippen molar-refractivity contribution in [2.45, 2.75) is 72.6 Å². The van der Waals surface area contributed by atoms with Crippen molar-refractivity contribution in [1.82, 2.24) is 0 Å². The Balaban J connectivity index is 2.36. The van der Waals surface area contributed by atoms with Crippen LogP contribution in [-0.4, -0.2) is 12.6 Å². The van der Waals surface area contributed by atoms with Crippen molar-refractivity contribution >= 4 is 5.97 Å². The van der Waals surface area contributed by atoms with Crippen molar-refractivity contribution in [2.75, 3.05) is 6.61 Å². The van der Waals surface area contributed by atoms with E-state index in [0.717, 1.165) is 30.6 Å². The third-order valence-electron chi connectivity index (χ3n) is 4.70. The van der Waals surface area contributed by atoms with E-state index in [1.807, 2.05) is 6.92 Å². The van der Waals surface area contributed by atoms with Crippen LogP contribution >= 0.6 is 0 Å². The Bertz CT molecular complexity index is 252. The van der Waals surface area contributed by atoms with Gasteiger partial charge in [-0.2, -0.15) is 0 Å². The lowest BCUT2D eigenvalue weighted by Crippen LogP contribution is -2.27. The molecule has 1 rings (SSSR count). The lowest BCUT2D eigenvalue weighted by Gasteiger charge is -2.33. The second-order valence-corrected chi connectivity index (χ2v) is 6.50. The van der Waals surface area contributed by atoms with Crippen LogP contribution in [0.4, 0.5) is 0 Å². The minimum Gasteiger partial charge on any atom is -0.466 e. The van der Waals surface area contributed by atoms with Crippen molar-refractivity contribution in [1.29, 1.82) is 0 Å². The van der Waals surface area contributed by atoms with E-state index in [4.69, 9.17) is 4.74 Å². The molecule has 0 radical (unpaired) electrons. The number of carbonyl (C=O) groups is 1. The third kappa shape index (κ3) is 5.54. The maximum atomic E-state index is 11.7. The molecule has 2 nitrogen and oxygen atoms in total. The number of carbonyl (C=O) groups excluding carboxylic acids is 1. The molecule has 0 aromatic rings. The molecule has 0 aliphatic heterocycles. The fraction of sp³-hybridized carbons (Fsp3) is 0.941. The molecule has 2 heteroatoms. The van der Waals surface area contributed by atoms with Crippen molar-refractivity contribution in [3.63, 3.8) is 0 Å². The van der Waals surface area contributed by atoms with Gasteiger partial charge in [0.05, 0.1) is 12.5 Å². The molecule has 0 spiro atoms. The van der Waals surface area contributed by atoms with E-state index in [1.165, 1.54) is 32.1 Å². The zero-order chi connectivity index (χ0) is 14.3. The largest absolute Gasteiger partial charge is 0.466 e. The van der Waals surface area contributed by atoms with Crippen molar-refractivity contribution in [3.8, 4) is 0 Å². The maximum absolute atomic E-state index is 11.7. The Hall–Kier alpha value is -0.530. The maximum Gasteiger partial charge on any atom is 0.308 e. The molecule has 0 heterocycles. The summed E-state index contributed by atoms with van der Waals surface area (Å²) in [5.41, 5.74) is 0. The molecule has 1 fully saturated rings. The van der Waals surface area contributed by atoms with Crippen molar-refractivity contribution in [3.05, 3.63) is 0 Å². The number of hydrogen-bond donors (Lipinski definition) is 0. The highest BCUT2D eigenvalue weighted by Crippen LogP contribution is 2.37. The first-order valence-corrected chi connectivity index (χ1v) is 8.25. The van der Waals surface area contributed by atoms with Crippen molar-refractivity contribution < 1.29 is 9.53 Å². The Morgan fingerprint density at radius 1 is 1.11 bits per heavy atom. The molecule has 112 valence electrons. The van der Waals surface area contributed by atoms with Gasteiger partial charge in [0.25, 0.3) is 0 Å². The highest BCUT2D eigenvalue weighted by Gasteiger charge is 2.30. The molecule has 0 N–H and O–H groups in total. The Kier molecular flexibility index (Phi) is 7.48. The first-order valence-electron chi connectivity index (χ1n) is 8.25. The van der Waals surface area contributed by atoms with Crippen LogP contribution in [0.15, 0.2) is 0 Å². The first-order chi connectivity index (χ1) is 9.08. The summed E-state index contributed by atoms with van der Waals surface area (Å²) in [6.45, 7) is 9.35. The van der Waals surface area contributed by atoms with Crippen LogP contribution < -0.4 is 0 Å². The average Bonchev–Trinajstić information content (AvgIpc) is 2.40. The number of esters is 1. The quantitative estimate of drug-likeness (QED) is 0.619. The van der Waals surface area contributed by atoms with Gasteiger partial charge in [-0.3, -0.25) is 4.79 Å². The van der Waals surface area contributed by atoms with Crippen LogP contribution in [0.1, 0.15) is 72.6 Å². The van der Waals surface area contributed by atoms with Crippen LogP contribution in [0.2, 0.25) is 0 Å². The molecule has 0 saturated heterocycles. The molecular formula is C17H32O2. The predicted molar refractivity (Wildman–Crippen MR) is 79.9 cm³/mol. The molecule has 0 bridgehead atoms. The lowest BCUT2D eigenvalue weighted by atomic mass is 9.73. The van der Waals surface area contributed by atoms with E-state index >= 15 is 0 Å². The molecule has 1 aliphatic rings. The van der Waals surface area contributed by atoms with Gasteiger partial charge in [-0.25, -0.2) is 0 Å². The van der Waals surface area contributed by atoms with E-state index in [2.05, 4.69) is 20.8 Å². The van der Waals surface area contributed by atoms with Gasteiger partial charge in [-0.15, -0.1) is 0 Å². The Morgan fingerprint density at radius 3 is 2.21 bits per heavy atom. The van der Waals surface area contributed by atoms with Crippen LogP contribution in [0.3, 0.4) is 0 Å². The molecule has 0 aromatic carbocycles. The summed E-state index contributed by atoms with van der Waals surface area (Å²) in [4.78, 5) is 11.7. The molecule has 1 unspecified atom stereocenters. The van der Waals surface area contributed by atoms with Crippen molar-refractivity contribution in [2.24, 2.45) is 23.7 Å². The first kappa shape index (κ1) is 16.5. The van der Waals surface area contributed by atoms with E-state index in [-0.39, 0.29) is 11.9 Å². The molecule has 1 aliphatic carbocycles. The summed E-state index contributed by atoms with van der Waals surface area (Å²) in [5.74, 6) is 2.74. The minimum atomic E-state index is 0.0381. The molecule has 0 amide bonds. The van der Waals surface area contributed by atoms with E-state index in [0.29, 0.717) is 6.61 Å². The van der Waals surface area contributed by atoms with Gasteiger partial charge in [0.1, 0.15) is 0 Å². The van der Waals surface area contributed by atoms with Crippen LogP contribution in [0, 0.1) is 23.7 Å².